The SMILES string of the molecule is Nc1nc(N2CCOCC2)nc2c1C(c1cn[nH]c1-c1ccccc1)CC(=O)N2.O=CO. The maximum atomic E-state index is 12.5. The van der Waals surface area contributed by atoms with Gasteiger partial charge in [-0.15, -0.1) is 0 Å². The molecule has 3 aromatic rings. The lowest BCUT2D eigenvalue weighted by atomic mass is 9.85. The molecule has 2 aromatic heterocycles. The summed E-state index contributed by atoms with van der Waals surface area (Å²) in [6, 6.07) is 9.90. The number of nitrogens with two attached hydrogens (primary N) is 1. The fourth-order valence-electron chi connectivity index (χ4n) is 3.95. The minimum absolute atomic E-state index is 0.103. The number of nitrogen functional groups attached to an aromatic ring is 1. The van der Waals surface area contributed by atoms with E-state index in [0.29, 0.717) is 43.9 Å². The summed E-state index contributed by atoms with van der Waals surface area (Å²) in [6.07, 6.45) is 2.02. The van der Waals surface area contributed by atoms with E-state index in [9.17, 15) is 4.79 Å². The number of ether oxygens (including phenoxy) is 1. The largest absolute Gasteiger partial charge is 0.483 e. The lowest BCUT2D eigenvalue weighted by Crippen LogP contribution is -2.38. The van der Waals surface area contributed by atoms with Crippen LogP contribution in [0.1, 0.15) is 23.5 Å². The highest BCUT2D eigenvalue weighted by Crippen LogP contribution is 2.42. The second-order valence-electron chi connectivity index (χ2n) is 7.25. The van der Waals surface area contributed by atoms with Gasteiger partial charge in [-0.2, -0.15) is 15.1 Å². The number of hydrogen-bond acceptors (Lipinski definition) is 8. The molecular weight excluding hydrogens is 414 g/mol. The van der Waals surface area contributed by atoms with E-state index in [1.165, 1.54) is 0 Å². The second kappa shape index (κ2) is 9.43. The average Bonchev–Trinajstić information content (AvgIpc) is 3.30. The van der Waals surface area contributed by atoms with Gasteiger partial charge in [0.1, 0.15) is 11.6 Å². The lowest BCUT2D eigenvalue weighted by molar-refractivity contribution is -0.123. The quantitative estimate of drug-likeness (QED) is 0.445. The zero-order chi connectivity index (χ0) is 22.5. The Morgan fingerprint density at radius 1 is 1.19 bits per heavy atom. The number of fused-ring (bicyclic) bond motifs is 1. The summed E-state index contributed by atoms with van der Waals surface area (Å²) < 4.78 is 5.39. The van der Waals surface area contributed by atoms with Crippen molar-refractivity contribution in [2.45, 2.75) is 12.3 Å². The summed E-state index contributed by atoms with van der Waals surface area (Å²) in [5.74, 6) is 0.989. The van der Waals surface area contributed by atoms with E-state index in [1.54, 1.807) is 6.20 Å². The first-order valence-electron chi connectivity index (χ1n) is 10.1. The first-order chi connectivity index (χ1) is 15.6. The molecule has 0 bridgehead atoms. The molecule has 32 heavy (non-hydrogen) atoms. The highest BCUT2D eigenvalue weighted by atomic mass is 16.5. The van der Waals surface area contributed by atoms with E-state index >= 15 is 0 Å². The summed E-state index contributed by atoms with van der Waals surface area (Å²) >= 11 is 0. The van der Waals surface area contributed by atoms with Crippen LogP contribution in [0, 0.1) is 0 Å². The third kappa shape index (κ3) is 4.23. The van der Waals surface area contributed by atoms with Gasteiger partial charge in [0.25, 0.3) is 6.47 Å². The molecule has 0 radical (unpaired) electrons. The van der Waals surface area contributed by atoms with E-state index in [1.807, 2.05) is 35.2 Å². The predicted molar refractivity (Wildman–Crippen MR) is 117 cm³/mol. The highest BCUT2D eigenvalue weighted by Gasteiger charge is 2.34. The molecule has 1 saturated heterocycles. The van der Waals surface area contributed by atoms with E-state index in [4.69, 9.17) is 20.4 Å². The molecule has 2 aliphatic heterocycles. The van der Waals surface area contributed by atoms with Crippen LogP contribution in [-0.4, -0.2) is 64.0 Å². The number of morpholine rings is 1. The number of nitrogens with zero attached hydrogens (tertiary/aromatic N) is 4. The van der Waals surface area contributed by atoms with Gasteiger partial charge < -0.3 is 25.8 Å². The molecule has 2 aliphatic rings. The number of aromatic amines is 1. The van der Waals surface area contributed by atoms with E-state index in [2.05, 4.69) is 25.5 Å². The van der Waals surface area contributed by atoms with Crippen LogP contribution >= 0.6 is 0 Å². The van der Waals surface area contributed by atoms with Crippen molar-refractivity contribution < 1.29 is 19.4 Å². The van der Waals surface area contributed by atoms with Gasteiger partial charge in [-0.1, -0.05) is 30.3 Å². The van der Waals surface area contributed by atoms with Gasteiger partial charge in [0.05, 0.1) is 25.1 Å². The minimum atomic E-state index is -0.272. The lowest BCUT2D eigenvalue weighted by Gasteiger charge is -2.30. The second-order valence-corrected chi connectivity index (χ2v) is 7.25. The topological polar surface area (TPSA) is 159 Å². The van der Waals surface area contributed by atoms with Crippen LogP contribution in [0.4, 0.5) is 17.6 Å². The van der Waals surface area contributed by atoms with Crippen LogP contribution in [0.25, 0.3) is 11.3 Å². The maximum Gasteiger partial charge on any atom is 0.290 e. The number of H-pyrrole nitrogens is 1. The van der Waals surface area contributed by atoms with Gasteiger partial charge >= 0.3 is 0 Å². The Balaban J connectivity index is 0.000000775. The number of hydrogen-bond donors (Lipinski definition) is 4. The number of amides is 1. The molecule has 4 heterocycles. The Labute approximate surface area is 183 Å². The van der Waals surface area contributed by atoms with Crippen molar-refractivity contribution in [2.75, 3.05) is 42.3 Å². The molecule has 11 heteroatoms. The summed E-state index contributed by atoms with van der Waals surface area (Å²) in [4.78, 5) is 32.1. The summed E-state index contributed by atoms with van der Waals surface area (Å²) in [5.41, 5.74) is 9.89. The van der Waals surface area contributed by atoms with Crippen molar-refractivity contribution in [2.24, 2.45) is 0 Å². The Morgan fingerprint density at radius 3 is 2.62 bits per heavy atom. The zero-order valence-electron chi connectivity index (χ0n) is 17.2. The highest BCUT2D eigenvalue weighted by molar-refractivity contribution is 5.96. The molecule has 1 amide bonds. The summed E-state index contributed by atoms with van der Waals surface area (Å²) in [6.45, 7) is 2.36. The first kappa shape index (κ1) is 21.2. The fraction of sp³-hybridized carbons (Fsp3) is 0.286. The van der Waals surface area contributed by atoms with Crippen molar-refractivity contribution in [1.82, 2.24) is 20.2 Å². The van der Waals surface area contributed by atoms with Gasteiger partial charge in [-0.3, -0.25) is 14.7 Å². The third-order valence-electron chi connectivity index (χ3n) is 5.36. The van der Waals surface area contributed by atoms with E-state index in [-0.39, 0.29) is 24.7 Å². The molecule has 1 unspecified atom stereocenters. The molecule has 0 saturated carbocycles. The summed E-state index contributed by atoms with van der Waals surface area (Å²) in [7, 11) is 0. The molecule has 166 valence electrons. The number of carboxylic acid groups (broad SMARTS) is 1. The van der Waals surface area contributed by atoms with Crippen LogP contribution in [0.5, 0.6) is 0 Å². The molecule has 0 aliphatic carbocycles. The Bertz CT molecular complexity index is 1100. The number of nitrogens with one attached hydrogen (secondary N) is 2. The standard InChI is InChI=1S/C20H21N7O2.CH2O2/c21-18-16-13(14-11-22-26-17(14)12-4-2-1-3-5-12)10-15(28)23-19(16)25-20(24-18)27-6-8-29-9-7-27;2-1-3/h1-5,11,13H,6-10H2,(H,22,26)(H3,21,23,24,25,28);1H,(H,2,3). The van der Waals surface area contributed by atoms with Crippen LogP contribution in [0.3, 0.4) is 0 Å². The zero-order valence-corrected chi connectivity index (χ0v) is 17.2. The normalized spacial score (nSPS) is 17.6. The Hall–Kier alpha value is -3.99. The molecule has 0 spiro atoms. The maximum absolute atomic E-state index is 12.5. The van der Waals surface area contributed by atoms with E-state index in [0.717, 1.165) is 22.4 Å². The molecular formula is C21H23N7O4. The van der Waals surface area contributed by atoms with Crippen molar-refractivity contribution in [1.29, 1.82) is 0 Å². The van der Waals surface area contributed by atoms with Crippen LogP contribution in [-0.2, 0) is 14.3 Å². The predicted octanol–water partition coefficient (Wildman–Crippen LogP) is 1.46. The number of anilines is 3. The average molecular weight is 437 g/mol. The van der Waals surface area contributed by atoms with Crippen LogP contribution in [0.2, 0.25) is 0 Å². The molecule has 11 nitrogen and oxygen atoms in total. The van der Waals surface area contributed by atoms with Crippen LogP contribution in [0.15, 0.2) is 36.5 Å². The van der Waals surface area contributed by atoms with Gasteiger partial charge in [-0.25, -0.2) is 0 Å². The van der Waals surface area contributed by atoms with Crippen molar-refractivity contribution in [3.8, 4) is 11.3 Å². The van der Waals surface area contributed by atoms with Crippen molar-refractivity contribution in [3.63, 3.8) is 0 Å². The first-order valence-corrected chi connectivity index (χ1v) is 10.1. The minimum Gasteiger partial charge on any atom is -0.483 e. The van der Waals surface area contributed by atoms with E-state index < -0.39 is 0 Å². The van der Waals surface area contributed by atoms with Gasteiger partial charge in [0, 0.05) is 36.6 Å². The number of rotatable bonds is 3. The molecule has 5 rings (SSSR count). The number of carbonyl (C=O) groups excluding carboxylic acids is 1. The Kier molecular flexibility index (Phi) is 6.26. The Morgan fingerprint density at radius 2 is 1.91 bits per heavy atom. The fourth-order valence-corrected chi connectivity index (χ4v) is 3.95. The monoisotopic (exact) mass is 437 g/mol. The number of carbonyl (C=O) groups is 2. The molecule has 5 N–H and O–H groups in total. The smallest absolute Gasteiger partial charge is 0.290 e. The molecule has 1 fully saturated rings. The van der Waals surface area contributed by atoms with Crippen molar-refractivity contribution >= 4 is 30.0 Å². The number of benzene rings is 1. The van der Waals surface area contributed by atoms with Crippen LogP contribution < -0.4 is 16.0 Å². The molecule has 1 atom stereocenters. The third-order valence-corrected chi connectivity index (χ3v) is 5.36. The van der Waals surface area contributed by atoms with Gasteiger partial charge in [-0.05, 0) is 5.56 Å². The van der Waals surface area contributed by atoms with Crippen molar-refractivity contribution in [3.05, 3.63) is 47.7 Å². The molecule has 1 aromatic carbocycles. The van der Waals surface area contributed by atoms with Gasteiger partial charge in [0.15, 0.2) is 0 Å². The summed E-state index contributed by atoms with van der Waals surface area (Å²) in [5, 5.41) is 17.1. The number of aromatic nitrogens is 4. The van der Waals surface area contributed by atoms with Gasteiger partial charge in [0.2, 0.25) is 11.9 Å².